The second-order valence-electron chi connectivity index (χ2n) is 4.71. The van der Waals surface area contributed by atoms with Gasteiger partial charge in [-0.15, -0.1) is 0 Å². The number of aromatic nitrogens is 1. The van der Waals surface area contributed by atoms with Crippen molar-refractivity contribution in [2.45, 2.75) is 6.42 Å². The van der Waals surface area contributed by atoms with E-state index in [-0.39, 0.29) is 5.78 Å². The third-order valence-electron chi connectivity index (χ3n) is 3.17. The highest BCUT2D eigenvalue weighted by Gasteiger charge is 2.13. The van der Waals surface area contributed by atoms with Crippen LogP contribution in [-0.4, -0.2) is 10.8 Å². The fraction of sp³-hybridized carbons (Fsp3) is 0.0556. The maximum absolute atomic E-state index is 12.4. The van der Waals surface area contributed by atoms with E-state index >= 15 is 0 Å². The van der Waals surface area contributed by atoms with Gasteiger partial charge < -0.3 is 9.72 Å². The van der Waals surface area contributed by atoms with E-state index in [2.05, 4.69) is 4.98 Å². The molecule has 3 nitrogen and oxygen atoms in total. The number of nitrogens with one attached hydrogen (secondary N) is 1. The second kappa shape index (κ2) is 6.09. The maximum atomic E-state index is 12.4. The molecule has 0 aliphatic carbocycles. The molecule has 0 fully saturated rings. The molecule has 0 atom stereocenters. The summed E-state index contributed by atoms with van der Waals surface area (Å²) in [6.45, 7) is 0. The summed E-state index contributed by atoms with van der Waals surface area (Å²) >= 11 is 0. The van der Waals surface area contributed by atoms with Crippen LogP contribution in [0.5, 0.6) is 11.5 Å². The average Bonchev–Trinajstić information content (AvgIpc) is 3.02. The standard InChI is InChI=1S/C18H15NO2/c20-17(13-14-7-6-12-19-14)16-10-4-5-11-18(16)21-15-8-2-1-3-9-15/h1-12,19H,13H2. The van der Waals surface area contributed by atoms with Crippen LogP contribution in [0.25, 0.3) is 0 Å². The number of hydrogen-bond donors (Lipinski definition) is 1. The Labute approximate surface area is 123 Å². The van der Waals surface area contributed by atoms with Crippen molar-refractivity contribution in [2.75, 3.05) is 0 Å². The minimum Gasteiger partial charge on any atom is -0.457 e. The van der Waals surface area contributed by atoms with Crippen LogP contribution in [0.3, 0.4) is 0 Å². The van der Waals surface area contributed by atoms with E-state index in [9.17, 15) is 4.79 Å². The first kappa shape index (κ1) is 13.2. The molecule has 21 heavy (non-hydrogen) atoms. The predicted octanol–water partition coefficient (Wildman–Crippen LogP) is 4.23. The van der Waals surface area contributed by atoms with Gasteiger partial charge in [0.1, 0.15) is 11.5 Å². The number of ketones is 1. The molecule has 2 aromatic carbocycles. The largest absolute Gasteiger partial charge is 0.457 e. The Hall–Kier alpha value is -2.81. The summed E-state index contributed by atoms with van der Waals surface area (Å²) in [5, 5.41) is 0. The van der Waals surface area contributed by atoms with Crippen LogP contribution in [0.4, 0.5) is 0 Å². The Balaban J connectivity index is 1.84. The van der Waals surface area contributed by atoms with Crippen LogP contribution >= 0.6 is 0 Å². The Morgan fingerprint density at radius 1 is 0.905 bits per heavy atom. The first-order chi connectivity index (χ1) is 10.3. The molecule has 0 aliphatic heterocycles. The first-order valence-corrected chi connectivity index (χ1v) is 6.80. The van der Waals surface area contributed by atoms with Crippen molar-refractivity contribution in [1.29, 1.82) is 0 Å². The monoisotopic (exact) mass is 277 g/mol. The molecule has 0 radical (unpaired) electrons. The van der Waals surface area contributed by atoms with Gasteiger partial charge in [0, 0.05) is 11.9 Å². The number of para-hydroxylation sites is 2. The maximum Gasteiger partial charge on any atom is 0.172 e. The van der Waals surface area contributed by atoms with Crippen molar-refractivity contribution < 1.29 is 9.53 Å². The van der Waals surface area contributed by atoms with Crippen LogP contribution in [0.15, 0.2) is 72.9 Å². The van der Waals surface area contributed by atoms with Gasteiger partial charge in [0.25, 0.3) is 0 Å². The van der Waals surface area contributed by atoms with E-state index in [1.54, 1.807) is 6.07 Å². The number of Topliss-reactive ketones (excluding diaryl/α,β-unsaturated/α-hetero) is 1. The van der Waals surface area contributed by atoms with Crippen LogP contribution < -0.4 is 4.74 Å². The third-order valence-corrected chi connectivity index (χ3v) is 3.17. The van der Waals surface area contributed by atoms with E-state index in [0.717, 1.165) is 11.4 Å². The smallest absolute Gasteiger partial charge is 0.172 e. The van der Waals surface area contributed by atoms with Crippen LogP contribution in [0.2, 0.25) is 0 Å². The van der Waals surface area contributed by atoms with Crippen LogP contribution in [-0.2, 0) is 6.42 Å². The molecular formula is C18H15NO2. The minimum atomic E-state index is 0.0315. The molecule has 0 aliphatic rings. The van der Waals surface area contributed by atoms with Crippen LogP contribution in [0, 0.1) is 0 Å². The highest BCUT2D eigenvalue weighted by molar-refractivity contribution is 5.99. The zero-order chi connectivity index (χ0) is 14.5. The van der Waals surface area contributed by atoms with Crippen molar-refractivity contribution in [3.8, 4) is 11.5 Å². The van der Waals surface area contributed by atoms with Gasteiger partial charge >= 0.3 is 0 Å². The molecule has 1 N–H and O–H groups in total. The quantitative estimate of drug-likeness (QED) is 0.709. The lowest BCUT2D eigenvalue weighted by Gasteiger charge is -2.10. The summed E-state index contributed by atoms with van der Waals surface area (Å²) in [6, 6.07) is 20.6. The van der Waals surface area contributed by atoms with Gasteiger partial charge in [0.2, 0.25) is 0 Å². The van der Waals surface area contributed by atoms with Gasteiger partial charge in [-0.25, -0.2) is 0 Å². The molecule has 0 amide bonds. The number of aromatic amines is 1. The fourth-order valence-electron chi connectivity index (χ4n) is 2.15. The lowest BCUT2D eigenvalue weighted by molar-refractivity contribution is 0.0990. The molecule has 3 heteroatoms. The molecule has 0 saturated carbocycles. The SMILES string of the molecule is O=C(Cc1ccc[nH]1)c1ccccc1Oc1ccccc1. The van der Waals surface area contributed by atoms with E-state index in [4.69, 9.17) is 4.74 Å². The molecule has 0 spiro atoms. The molecule has 1 aromatic heterocycles. The molecule has 0 saturated heterocycles. The average molecular weight is 277 g/mol. The zero-order valence-electron chi connectivity index (χ0n) is 11.5. The Bertz CT molecular complexity index is 718. The molecule has 1 heterocycles. The number of hydrogen-bond acceptors (Lipinski definition) is 2. The summed E-state index contributed by atoms with van der Waals surface area (Å²) < 4.78 is 5.82. The van der Waals surface area contributed by atoms with Gasteiger partial charge in [0.05, 0.1) is 12.0 Å². The topological polar surface area (TPSA) is 42.1 Å². The number of benzene rings is 2. The van der Waals surface area contributed by atoms with Crippen molar-refractivity contribution in [1.82, 2.24) is 4.98 Å². The number of ether oxygens (including phenoxy) is 1. The van der Waals surface area contributed by atoms with Gasteiger partial charge in [-0.3, -0.25) is 4.79 Å². The Morgan fingerprint density at radius 3 is 2.43 bits per heavy atom. The summed E-state index contributed by atoms with van der Waals surface area (Å²) in [5.74, 6) is 1.34. The van der Waals surface area contributed by atoms with Crippen LogP contribution in [0.1, 0.15) is 16.1 Å². The van der Waals surface area contributed by atoms with Crippen molar-refractivity contribution in [2.24, 2.45) is 0 Å². The fourth-order valence-corrected chi connectivity index (χ4v) is 2.15. The van der Waals surface area contributed by atoms with E-state index < -0.39 is 0 Å². The number of carbonyl (C=O) groups is 1. The van der Waals surface area contributed by atoms with E-state index in [1.807, 2.05) is 66.9 Å². The van der Waals surface area contributed by atoms with Gasteiger partial charge in [0.15, 0.2) is 5.78 Å². The lowest BCUT2D eigenvalue weighted by Crippen LogP contribution is -2.05. The van der Waals surface area contributed by atoms with Crippen molar-refractivity contribution >= 4 is 5.78 Å². The molecular weight excluding hydrogens is 262 g/mol. The number of carbonyl (C=O) groups excluding carboxylic acids is 1. The summed E-state index contributed by atoms with van der Waals surface area (Å²) in [5.41, 5.74) is 1.49. The minimum absolute atomic E-state index is 0.0315. The summed E-state index contributed by atoms with van der Waals surface area (Å²) in [4.78, 5) is 15.5. The van der Waals surface area contributed by atoms with E-state index in [0.29, 0.717) is 17.7 Å². The third kappa shape index (κ3) is 3.20. The first-order valence-electron chi connectivity index (χ1n) is 6.80. The molecule has 3 aromatic rings. The molecule has 104 valence electrons. The van der Waals surface area contributed by atoms with Gasteiger partial charge in [-0.1, -0.05) is 30.3 Å². The molecule has 3 rings (SSSR count). The number of H-pyrrole nitrogens is 1. The van der Waals surface area contributed by atoms with Crippen molar-refractivity contribution in [3.63, 3.8) is 0 Å². The van der Waals surface area contributed by atoms with Crippen molar-refractivity contribution in [3.05, 3.63) is 84.2 Å². The normalized spacial score (nSPS) is 10.3. The van der Waals surface area contributed by atoms with E-state index in [1.165, 1.54) is 0 Å². The lowest BCUT2D eigenvalue weighted by atomic mass is 10.1. The van der Waals surface area contributed by atoms with Gasteiger partial charge in [-0.2, -0.15) is 0 Å². The molecule has 0 unspecified atom stereocenters. The van der Waals surface area contributed by atoms with Gasteiger partial charge in [-0.05, 0) is 36.4 Å². The number of rotatable bonds is 5. The summed E-state index contributed by atoms with van der Waals surface area (Å²) in [6.07, 6.45) is 2.15. The highest BCUT2D eigenvalue weighted by atomic mass is 16.5. The summed E-state index contributed by atoms with van der Waals surface area (Å²) in [7, 11) is 0. The zero-order valence-corrected chi connectivity index (χ0v) is 11.5. The molecule has 0 bridgehead atoms. The Kier molecular flexibility index (Phi) is 3.83. The Morgan fingerprint density at radius 2 is 1.67 bits per heavy atom. The second-order valence-corrected chi connectivity index (χ2v) is 4.71. The predicted molar refractivity (Wildman–Crippen MR) is 81.8 cm³/mol. The highest BCUT2D eigenvalue weighted by Crippen LogP contribution is 2.26.